The van der Waals surface area contributed by atoms with Crippen LogP contribution in [0.4, 0.5) is 10.1 Å². The summed E-state index contributed by atoms with van der Waals surface area (Å²) in [6.07, 6.45) is 0. The van der Waals surface area contributed by atoms with Crippen LogP contribution in [0.25, 0.3) is 21.8 Å². The molecule has 0 unspecified atom stereocenters. The third kappa shape index (κ3) is 3.83. The predicted octanol–water partition coefficient (Wildman–Crippen LogP) is 3.85. The molecule has 1 fully saturated rings. The second kappa shape index (κ2) is 8.74. The molecule has 0 spiro atoms. The molecule has 7 heteroatoms. The van der Waals surface area contributed by atoms with Gasteiger partial charge in [0.2, 0.25) is 5.91 Å². The van der Waals surface area contributed by atoms with E-state index in [2.05, 4.69) is 0 Å². The van der Waals surface area contributed by atoms with Crippen molar-refractivity contribution in [2.45, 2.75) is 13.5 Å². The fourth-order valence-corrected chi connectivity index (χ4v) is 4.66. The lowest BCUT2D eigenvalue weighted by molar-refractivity contribution is -0.132. The summed E-state index contributed by atoms with van der Waals surface area (Å²) < 4.78 is 16.5. The highest BCUT2D eigenvalue weighted by Gasteiger charge is 2.24. The summed E-state index contributed by atoms with van der Waals surface area (Å²) in [4.78, 5) is 41.4. The standard InChI is InChI=1S/C27H24FN3O3/c1-18(32)19-10-11-25(22(28)16-19)29-12-14-30(15-13-29)26(33)17-31-23-8-4-2-6-20(23)27(34)21-7-3-5-9-24(21)31/h2-11,16H,12-15,17H2,1H3. The van der Waals surface area contributed by atoms with Crippen LogP contribution < -0.4 is 10.3 Å². The number of piperazine rings is 1. The molecule has 3 aromatic carbocycles. The average Bonchev–Trinajstić information content (AvgIpc) is 2.86. The van der Waals surface area contributed by atoms with Crippen LogP contribution in [0.15, 0.2) is 71.5 Å². The molecule has 172 valence electrons. The lowest BCUT2D eigenvalue weighted by Gasteiger charge is -2.36. The molecule has 0 bridgehead atoms. The normalized spacial score (nSPS) is 14.1. The van der Waals surface area contributed by atoms with Gasteiger partial charge in [-0.2, -0.15) is 0 Å². The van der Waals surface area contributed by atoms with Gasteiger partial charge >= 0.3 is 0 Å². The number of fused-ring (bicyclic) bond motifs is 2. The van der Waals surface area contributed by atoms with Crippen molar-refractivity contribution in [3.8, 4) is 0 Å². The van der Waals surface area contributed by atoms with Crippen molar-refractivity contribution in [1.29, 1.82) is 0 Å². The van der Waals surface area contributed by atoms with Crippen LogP contribution >= 0.6 is 0 Å². The zero-order chi connectivity index (χ0) is 23.8. The number of carbonyl (C=O) groups is 2. The van der Waals surface area contributed by atoms with E-state index in [9.17, 15) is 18.8 Å². The number of ketones is 1. The molecule has 0 aliphatic carbocycles. The van der Waals surface area contributed by atoms with E-state index in [-0.39, 0.29) is 23.7 Å². The van der Waals surface area contributed by atoms with Gasteiger partial charge in [-0.15, -0.1) is 0 Å². The highest BCUT2D eigenvalue weighted by atomic mass is 19.1. The molecule has 1 saturated heterocycles. The summed E-state index contributed by atoms with van der Waals surface area (Å²) in [5, 5.41) is 1.17. The summed E-state index contributed by atoms with van der Waals surface area (Å²) in [6.45, 7) is 3.43. The topological polar surface area (TPSA) is 62.6 Å². The Balaban J connectivity index is 1.37. The first-order valence-electron chi connectivity index (χ1n) is 11.3. The van der Waals surface area contributed by atoms with Gasteiger partial charge in [0.25, 0.3) is 0 Å². The molecule has 5 rings (SSSR count). The first kappa shape index (κ1) is 21.8. The fraction of sp³-hybridized carbons (Fsp3) is 0.222. The Labute approximate surface area is 195 Å². The Hall–Kier alpha value is -4.00. The maximum Gasteiger partial charge on any atom is 0.242 e. The smallest absolute Gasteiger partial charge is 0.242 e. The molecule has 0 N–H and O–H groups in total. The second-order valence-corrected chi connectivity index (χ2v) is 8.54. The third-order valence-electron chi connectivity index (χ3n) is 6.50. The first-order valence-corrected chi connectivity index (χ1v) is 11.3. The number of rotatable bonds is 4. The summed E-state index contributed by atoms with van der Waals surface area (Å²) >= 11 is 0. The number of hydrogen-bond acceptors (Lipinski definition) is 4. The summed E-state index contributed by atoms with van der Waals surface area (Å²) in [7, 11) is 0. The zero-order valence-corrected chi connectivity index (χ0v) is 18.8. The van der Waals surface area contributed by atoms with Crippen molar-refractivity contribution in [3.05, 3.63) is 88.3 Å². The summed E-state index contributed by atoms with van der Waals surface area (Å²) in [6, 6.07) is 19.2. The van der Waals surface area contributed by atoms with Gasteiger partial charge < -0.3 is 14.4 Å². The lowest BCUT2D eigenvalue weighted by atomic mass is 10.1. The molecule has 0 atom stereocenters. The van der Waals surface area contributed by atoms with Gasteiger partial charge in [0.1, 0.15) is 12.4 Å². The van der Waals surface area contributed by atoms with E-state index < -0.39 is 5.82 Å². The molecular formula is C27H24FN3O3. The minimum Gasteiger partial charge on any atom is -0.366 e. The molecule has 1 amide bonds. The molecule has 6 nitrogen and oxygen atoms in total. The minimum absolute atomic E-state index is 0.0404. The van der Waals surface area contributed by atoms with Gasteiger partial charge in [0, 0.05) is 42.5 Å². The SMILES string of the molecule is CC(=O)c1ccc(N2CCN(C(=O)Cn3c4ccccc4c(=O)c4ccccc43)CC2)c(F)c1. The summed E-state index contributed by atoms with van der Waals surface area (Å²) in [5.74, 6) is -0.659. The fourth-order valence-electron chi connectivity index (χ4n) is 4.66. The number of pyridine rings is 1. The number of amides is 1. The highest BCUT2D eigenvalue weighted by molar-refractivity contribution is 5.95. The number of benzene rings is 3. The Bertz CT molecular complexity index is 1430. The van der Waals surface area contributed by atoms with Crippen LogP contribution in [0.2, 0.25) is 0 Å². The molecule has 34 heavy (non-hydrogen) atoms. The van der Waals surface area contributed by atoms with Crippen LogP contribution in [-0.4, -0.2) is 47.3 Å². The average molecular weight is 458 g/mol. The largest absolute Gasteiger partial charge is 0.366 e. The molecule has 0 radical (unpaired) electrons. The van der Waals surface area contributed by atoms with Crippen molar-refractivity contribution in [1.82, 2.24) is 9.47 Å². The number of carbonyl (C=O) groups excluding carboxylic acids is 2. The van der Waals surface area contributed by atoms with Crippen LogP contribution in [0.5, 0.6) is 0 Å². The van der Waals surface area contributed by atoms with Gasteiger partial charge in [0.05, 0.1) is 16.7 Å². The zero-order valence-electron chi connectivity index (χ0n) is 18.8. The Morgan fingerprint density at radius 1 is 0.853 bits per heavy atom. The van der Waals surface area contributed by atoms with E-state index >= 15 is 0 Å². The van der Waals surface area contributed by atoms with Crippen LogP contribution in [0, 0.1) is 5.82 Å². The van der Waals surface area contributed by atoms with E-state index in [0.29, 0.717) is 48.2 Å². The van der Waals surface area contributed by atoms with Gasteiger partial charge in [-0.3, -0.25) is 14.4 Å². The maximum atomic E-state index is 14.6. The number of para-hydroxylation sites is 2. The molecule has 1 aliphatic heterocycles. The van der Waals surface area contributed by atoms with Crippen molar-refractivity contribution in [3.63, 3.8) is 0 Å². The van der Waals surface area contributed by atoms with E-state index in [4.69, 9.17) is 0 Å². The number of anilines is 1. The van der Waals surface area contributed by atoms with E-state index in [1.54, 1.807) is 29.2 Å². The van der Waals surface area contributed by atoms with Crippen LogP contribution in [0.1, 0.15) is 17.3 Å². The Morgan fingerprint density at radius 3 is 2.00 bits per heavy atom. The number of Topliss-reactive ketones (excluding diaryl/α,β-unsaturated/α-hetero) is 1. The highest BCUT2D eigenvalue weighted by Crippen LogP contribution is 2.23. The molecule has 2 heterocycles. The van der Waals surface area contributed by atoms with Crippen molar-refractivity contribution < 1.29 is 14.0 Å². The van der Waals surface area contributed by atoms with Crippen molar-refractivity contribution in [2.75, 3.05) is 31.1 Å². The maximum absolute atomic E-state index is 14.6. The number of aromatic nitrogens is 1. The number of halogens is 1. The van der Waals surface area contributed by atoms with Gasteiger partial charge in [0.15, 0.2) is 11.2 Å². The third-order valence-corrected chi connectivity index (χ3v) is 6.50. The molecule has 1 aliphatic rings. The molecule has 4 aromatic rings. The van der Waals surface area contributed by atoms with E-state index in [1.165, 1.54) is 13.0 Å². The van der Waals surface area contributed by atoms with Crippen LogP contribution in [-0.2, 0) is 11.3 Å². The monoisotopic (exact) mass is 457 g/mol. The first-order chi connectivity index (χ1) is 16.4. The second-order valence-electron chi connectivity index (χ2n) is 8.54. The molecular weight excluding hydrogens is 433 g/mol. The quantitative estimate of drug-likeness (QED) is 0.345. The summed E-state index contributed by atoms with van der Waals surface area (Å²) in [5.41, 5.74) is 2.20. The van der Waals surface area contributed by atoms with Gasteiger partial charge in [-0.1, -0.05) is 24.3 Å². The van der Waals surface area contributed by atoms with E-state index in [1.807, 2.05) is 45.9 Å². The Morgan fingerprint density at radius 2 is 1.44 bits per heavy atom. The minimum atomic E-state index is -0.432. The molecule has 0 saturated carbocycles. The van der Waals surface area contributed by atoms with Crippen LogP contribution in [0.3, 0.4) is 0 Å². The lowest BCUT2D eigenvalue weighted by Crippen LogP contribution is -2.50. The number of nitrogens with zero attached hydrogens (tertiary/aromatic N) is 3. The number of hydrogen-bond donors (Lipinski definition) is 0. The van der Waals surface area contributed by atoms with E-state index in [0.717, 1.165) is 11.0 Å². The van der Waals surface area contributed by atoms with Gasteiger partial charge in [-0.05, 0) is 49.4 Å². The van der Waals surface area contributed by atoms with Crippen molar-refractivity contribution >= 4 is 39.2 Å². The Kier molecular flexibility index (Phi) is 5.61. The van der Waals surface area contributed by atoms with Crippen molar-refractivity contribution in [2.24, 2.45) is 0 Å². The van der Waals surface area contributed by atoms with Gasteiger partial charge in [-0.25, -0.2) is 4.39 Å². The predicted molar refractivity (Wildman–Crippen MR) is 131 cm³/mol. The molecule has 1 aromatic heterocycles.